The van der Waals surface area contributed by atoms with Gasteiger partial charge in [-0.05, 0) is 35.4 Å². The van der Waals surface area contributed by atoms with Crippen LogP contribution in [0.25, 0.3) is 10.8 Å². The molecule has 0 radical (unpaired) electrons. The van der Waals surface area contributed by atoms with E-state index in [0.717, 1.165) is 41.9 Å². The smallest absolute Gasteiger partial charge is 0.134 e. The molecule has 1 aromatic heterocycles. The molecule has 0 bridgehead atoms. The maximum Gasteiger partial charge on any atom is 0.134 e. The summed E-state index contributed by atoms with van der Waals surface area (Å²) < 4.78 is 5.31. The van der Waals surface area contributed by atoms with Crippen molar-refractivity contribution >= 4 is 16.6 Å². The highest BCUT2D eigenvalue weighted by Gasteiger charge is 2.53. The van der Waals surface area contributed by atoms with Gasteiger partial charge in [0.2, 0.25) is 0 Å². The van der Waals surface area contributed by atoms with Crippen molar-refractivity contribution in [2.75, 3.05) is 25.5 Å². The fourth-order valence-electron chi connectivity index (χ4n) is 3.18. The van der Waals surface area contributed by atoms with Crippen LogP contribution in [0, 0.1) is 11.8 Å². The maximum absolute atomic E-state index is 5.31. The van der Waals surface area contributed by atoms with Crippen molar-refractivity contribution in [3.8, 4) is 5.75 Å². The standard InChI is InChI=1S/C15H17N3O/c1-19-10-3-2-9-4-5-17-15(11(9)6-10)18-14-12-7-16-8-13(12)14/h2-6,12-14,16H,7-8H2,1H3,(H,17,18). The average Bonchev–Trinajstić information content (AvgIpc) is 2.88. The average molecular weight is 255 g/mol. The largest absolute Gasteiger partial charge is 0.497 e. The van der Waals surface area contributed by atoms with E-state index in [1.54, 1.807) is 7.11 Å². The first-order valence-corrected chi connectivity index (χ1v) is 6.77. The van der Waals surface area contributed by atoms with E-state index in [2.05, 4.69) is 27.8 Å². The lowest BCUT2D eigenvalue weighted by atomic mass is 10.1. The molecule has 0 amide bonds. The van der Waals surface area contributed by atoms with Gasteiger partial charge in [0.15, 0.2) is 0 Å². The van der Waals surface area contributed by atoms with E-state index in [1.165, 1.54) is 5.39 Å². The number of nitrogens with zero attached hydrogens (tertiary/aromatic N) is 1. The number of hydrogen-bond donors (Lipinski definition) is 2. The predicted molar refractivity (Wildman–Crippen MR) is 75.6 cm³/mol. The van der Waals surface area contributed by atoms with Crippen LogP contribution in [-0.4, -0.2) is 31.2 Å². The minimum Gasteiger partial charge on any atom is -0.497 e. The third kappa shape index (κ3) is 1.75. The number of aromatic nitrogens is 1. The van der Waals surface area contributed by atoms with Gasteiger partial charge in [-0.25, -0.2) is 4.98 Å². The van der Waals surface area contributed by atoms with Crippen molar-refractivity contribution in [1.82, 2.24) is 10.3 Å². The molecule has 4 heteroatoms. The molecule has 1 aliphatic carbocycles. The summed E-state index contributed by atoms with van der Waals surface area (Å²) in [6.07, 6.45) is 1.87. The first-order chi connectivity index (χ1) is 9.36. The molecule has 2 atom stereocenters. The van der Waals surface area contributed by atoms with E-state index in [9.17, 15) is 0 Å². The number of methoxy groups -OCH3 is 1. The lowest BCUT2D eigenvalue weighted by Gasteiger charge is -2.11. The lowest BCUT2D eigenvalue weighted by molar-refractivity contribution is 0.415. The summed E-state index contributed by atoms with van der Waals surface area (Å²) >= 11 is 0. The van der Waals surface area contributed by atoms with Crippen LogP contribution < -0.4 is 15.4 Å². The topological polar surface area (TPSA) is 46.2 Å². The summed E-state index contributed by atoms with van der Waals surface area (Å²) in [5, 5.41) is 9.35. The second-order valence-electron chi connectivity index (χ2n) is 5.40. The van der Waals surface area contributed by atoms with E-state index >= 15 is 0 Å². The Morgan fingerprint density at radius 3 is 2.89 bits per heavy atom. The number of ether oxygens (including phenoxy) is 1. The summed E-state index contributed by atoms with van der Waals surface area (Å²) in [6, 6.07) is 8.75. The van der Waals surface area contributed by atoms with Gasteiger partial charge in [-0.15, -0.1) is 0 Å². The Hall–Kier alpha value is -1.81. The molecule has 4 rings (SSSR count). The molecule has 1 saturated carbocycles. The van der Waals surface area contributed by atoms with E-state index < -0.39 is 0 Å². The van der Waals surface area contributed by atoms with Crippen molar-refractivity contribution in [2.45, 2.75) is 6.04 Å². The minimum atomic E-state index is 0.588. The number of hydrogen-bond acceptors (Lipinski definition) is 4. The second-order valence-corrected chi connectivity index (χ2v) is 5.40. The predicted octanol–water partition coefficient (Wildman–Crippen LogP) is 1.87. The Kier molecular flexibility index (Phi) is 2.38. The molecular formula is C15H17N3O. The SMILES string of the molecule is COc1ccc2ccnc(NC3C4CNCC43)c2c1. The number of rotatable bonds is 3. The number of piperidine rings is 1. The number of anilines is 1. The number of pyridine rings is 1. The molecule has 19 heavy (non-hydrogen) atoms. The summed E-state index contributed by atoms with van der Waals surface area (Å²) in [5.41, 5.74) is 0. The van der Waals surface area contributed by atoms with Gasteiger partial charge >= 0.3 is 0 Å². The summed E-state index contributed by atoms with van der Waals surface area (Å²) in [7, 11) is 1.70. The highest BCUT2D eigenvalue weighted by Crippen LogP contribution is 2.44. The third-order valence-corrected chi connectivity index (χ3v) is 4.37. The Balaban J connectivity index is 1.68. The zero-order chi connectivity index (χ0) is 12.8. The molecule has 4 nitrogen and oxygen atoms in total. The first kappa shape index (κ1) is 11.1. The molecule has 2 aliphatic rings. The van der Waals surface area contributed by atoms with Gasteiger partial charge in [-0.2, -0.15) is 0 Å². The first-order valence-electron chi connectivity index (χ1n) is 6.77. The Bertz CT molecular complexity index is 618. The molecule has 1 saturated heterocycles. The number of fused-ring (bicyclic) bond motifs is 2. The molecule has 1 aliphatic heterocycles. The van der Waals surface area contributed by atoms with Crippen LogP contribution in [0.2, 0.25) is 0 Å². The molecular weight excluding hydrogens is 238 g/mol. The van der Waals surface area contributed by atoms with Crippen molar-refractivity contribution < 1.29 is 4.74 Å². The van der Waals surface area contributed by atoms with Gasteiger partial charge in [-0.1, -0.05) is 6.07 Å². The fourth-order valence-corrected chi connectivity index (χ4v) is 3.18. The van der Waals surface area contributed by atoms with Crippen molar-refractivity contribution in [1.29, 1.82) is 0 Å². The van der Waals surface area contributed by atoms with Crippen LogP contribution in [-0.2, 0) is 0 Å². The quantitative estimate of drug-likeness (QED) is 0.879. The van der Waals surface area contributed by atoms with Gasteiger partial charge < -0.3 is 15.4 Å². The van der Waals surface area contributed by atoms with Crippen LogP contribution in [0.4, 0.5) is 5.82 Å². The molecule has 2 heterocycles. The zero-order valence-electron chi connectivity index (χ0n) is 10.9. The summed E-state index contributed by atoms with van der Waals surface area (Å²) in [4.78, 5) is 4.50. The zero-order valence-corrected chi connectivity index (χ0v) is 10.9. The molecule has 2 N–H and O–H groups in total. The third-order valence-electron chi connectivity index (χ3n) is 4.37. The van der Waals surface area contributed by atoms with Gasteiger partial charge in [0, 0.05) is 30.7 Å². The van der Waals surface area contributed by atoms with Crippen LogP contribution in [0.3, 0.4) is 0 Å². The highest BCUT2D eigenvalue weighted by atomic mass is 16.5. The van der Waals surface area contributed by atoms with E-state index in [1.807, 2.05) is 18.3 Å². The van der Waals surface area contributed by atoms with E-state index in [-0.39, 0.29) is 0 Å². The summed E-state index contributed by atoms with van der Waals surface area (Å²) in [6.45, 7) is 2.27. The monoisotopic (exact) mass is 255 g/mol. The van der Waals surface area contributed by atoms with Gasteiger partial charge in [-0.3, -0.25) is 0 Å². The number of nitrogens with one attached hydrogen (secondary N) is 2. The molecule has 98 valence electrons. The number of benzene rings is 1. The van der Waals surface area contributed by atoms with Crippen molar-refractivity contribution in [3.05, 3.63) is 30.5 Å². The highest BCUT2D eigenvalue weighted by molar-refractivity contribution is 5.93. The normalized spacial score (nSPS) is 28.2. The Morgan fingerprint density at radius 2 is 2.11 bits per heavy atom. The van der Waals surface area contributed by atoms with E-state index in [0.29, 0.717) is 6.04 Å². The molecule has 2 aromatic rings. The van der Waals surface area contributed by atoms with Gasteiger partial charge in [0.25, 0.3) is 0 Å². The van der Waals surface area contributed by atoms with Gasteiger partial charge in [0.05, 0.1) is 7.11 Å². The van der Waals surface area contributed by atoms with Crippen LogP contribution >= 0.6 is 0 Å². The summed E-state index contributed by atoms with van der Waals surface area (Å²) in [5.74, 6) is 3.42. The second kappa shape index (κ2) is 4.10. The Morgan fingerprint density at radius 1 is 1.26 bits per heavy atom. The Labute approximate surface area is 112 Å². The molecule has 2 fully saturated rings. The lowest BCUT2D eigenvalue weighted by Crippen LogP contribution is -2.21. The maximum atomic E-state index is 5.31. The minimum absolute atomic E-state index is 0.588. The molecule has 1 aromatic carbocycles. The van der Waals surface area contributed by atoms with Crippen molar-refractivity contribution in [2.24, 2.45) is 11.8 Å². The molecule has 2 unspecified atom stereocenters. The molecule has 0 spiro atoms. The van der Waals surface area contributed by atoms with Gasteiger partial charge in [0.1, 0.15) is 11.6 Å². The van der Waals surface area contributed by atoms with Crippen LogP contribution in [0.15, 0.2) is 30.5 Å². The van der Waals surface area contributed by atoms with Crippen LogP contribution in [0.5, 0.6) is 5.75 Å². The fraction of sp³-hybridized carbons (Fsp3) is 0.400. The van der Waals surface area contributed by atoms with Crippen molar-refractivity contribution in [3.63, 3.8) is 0 Å². The van der Waals surface area contributed by atoms with Crippen LogP contribution in [0.1, 0.15) is 0 Å². The van der Waals surface area contributed by atoms with E-state index in [4.69, 9.17) is 4.74 Å².